The van der Waals surface area contributed by atoms with Crippen LogP contribution in [0.5, 0.6) is 0 Å². The molecule has 2 aromatic heterocycles. The summed E-state index contributed by atoms with van der Waals surface area (Å²) in [5, 5.41) is 31.1. The molecule has 0 fully saturated rings. The highest BCUT2D eigenvalue weighted by Crippen LogP contribution is 2.52. The summed E-state index contributed by atoms with van der Waals surface area (Å²) in [5.74, 6) is 0. The van der Waals surface area contributed by atoms with Crippen molar-refractivity contribution in [3.63, 3.8) is 0 Å². The second-order valence-corrected chi connectivity index (χ2v) is 10.2. The molecule has 7 rings (SSSR count). The van der Waals surface area contributed by atoms with Gasteiger partial charge >= 0.3 is 0 Å². The number of hydrogen-bond acceptors (Lipinski definition) is 6. The zero-order valence-electron chi connectivity index (χ0n) is 21.1. The Balaban J connectivity index is 1.47. The van der Waals surface area contributed by atoms with Crippen molar-refractivity contribution in [3.8, 4) is 23.9 Å². The molecule has 3 atom stereocenters. The Morgan fingerprint density at radius 3 is 2.62 bits per heavy atom. The van der Waals surface area contributed by atoms with Gasteiger partial charge < -0.3 is 9.47 Å². The van der Waals surface area contributed by atoms with Gasteiger partial charge in [-0.2, -0.15) is 15.8 Å². The highest BCUT2D eigenvalue weighted by molar-refractivity contribution is 6.09. The van der Waals surface area contributed by atoms with E-state index in [0.29, 0.717) is 17.7 Å². The fourth-order valence-corrected chi connectivity index (χ4v) is 6.31. The number of hydrogen-bond donors (Lipinski definition) is 0. The van der Waals surface area contributed by atoms with Crippen LogP contribution < -0.4 is 4.90 Å². The first-order chi connectivity index (χ1) is 19.1. The molecule has 0 amide bonds. The number of benzene rings is 2. The molecule has 184 valence electrons. The first-order valence-electron chi connectivity index (χ1n) is 12.7. The summed E-state index contributed by atoms with van der Waals surface area (Å²) in [7, 11) is 0. The van der Waals surface area contributed by atoms with E-state index in [-0.39, 0.29) is 11.5 Å². The molecule has 2 aliphatic heterocycles. The standard InChI is InChI=1S/C32H21N7/c1-32-9-5-4-8-31(32)39(30-19-37-22(17-35)13-27(30)32)24-11-20(15-33)10-23(14-24)38-28-7-3-2-6-25(28)26-12-21(16-34)36-18-29(26)38/h2-12,14,18-19,22,31H,13H2,1H3/t22-,31?,32?/m1/s1. The fourth-order valence-electron chi connectivity index (χ4n) is 6.31. The number of rotatable bonds is 2. The van der Waals surface area contributed by atoms with E-state index in [4.69, 9.17) is 0 Å². The van der Waals surface area contributed by atoms with Crippen LogP contribution in [0.2, 0.25) is 0 Å². The topological polar surface area (TPSA) is 105 Å². The number of dihydropyridines is 1. The van der Waals surface area contributed by atoms with E-state index in [1.165, 1.54) is 5.57 Å². The molecule has 2 unspecified atom stereocenters. The lowest BCUT2D eigenvalue weighted by Gasteiger charge is -2.36. The number of para-hydroxylation sites is 1. The van der Waals surface area contributed by atoms with Crippen LogP contribution >= 0.6 is 0 Å². The Labute approximate surface area is 225 Å². The van der Waals surface area contributed by atoms with Gasteiger partial charge in [0.25, 0.3) is 0 Å². The smallest absolute Gasteiger partial charge is 0.141 e. The molecule has 0 N–H and O–H groups in total. The number of aromatic nitrogens is 2. The highest BCUT2D eigenvalue weighted by Gasteiger charge is 2.49. The Kier molecular flexibility index (Phi) is 4.83. The summed E-state index contributed by atoms with van der Waals surface area (Å²) < 4.78 is 2.10. The molecule has 4 aromatic rings. The van der Waals surface area contributed by atoms with Crippen LogP contribution in [0.1, 0.15) is 24.6 Å². The molecule has 7 heteroatoms. The summed E-state index contributed by atoms with van der Waals surface area (Å²) in [4.78, 5) is 11.1. The molecule has 39 heavy (non-hydrogen) atoms. The van der Waals surface area contributed by atoms with Crippen LogP contribution in [0, 0.1) is 39.4 Å². The van der Waals surface area contributed by atoms with Gasteiger partial charge in [0.2, 0.25) is 0 Å². The molecular weight excluding hydrogens is 482 g/mol. The molecule has 0 saturated heterocycles. The van der Waals surface area contributed by atoms with Crippen molar-refractivity contribution >= 4 is 33.7 Å². The van der Waals surface area contributed by atoms with E-state index >= 15 is 0 Å². The van der Waals surface area contributed by atoms with Crippen LogP contribution in [0.25, 0.3) is 27.5 Å². The second kappa shape index (κ2) is 8.28. The molecule has 0 spiro atoms. The van der Waals surface area contributed by atoms with Gasteiger partial charge in [0.15, 0.2) is 0 Å². The van der Waals surface area contributed by atoms with Crippen LogP contribution in [-0.2, 0) is 0 Å². The van der Waals surface area contributed by atoms with Crippen molar-refractivity contribution in [2.45, 2.75) is 25.4 Å². The number of nitriles is 3. The number of allylic oxidation sites excluding steroid dienone is 3. The molecule has 7 nitrogen and oxygen atoms in total. The van der Waals surface area contributed by atoms with Crippen LogP contribution in [0.4, 0.5) is 5.69 Å². The maximum absolute atomic E-state index is 10.1. The van der Waals surface area contributed by atoms with E-state index in [1.807, 2.05) is 48.7 Å². The minimum Gasteiger partial charge on any atom is -0.332 e. The molecule has 3 aliphatic rings. The maximum atomic E-state index is 10.1. The normalized spacial score (nSPS) is 23.0. The summed E-state index contributed by atoms with van der Waals surface area (Å²) in [6, 6.07) is 22.1. The Morgan fingerprint density at radius 2 is 1.79 bits per heavy atom. The van der Waals surface area contributed by atoms with Crippen LogP contribution in [-0.4, -0.2) is 27.8 Å². The summed E-state index contributed by atoms with van der Waals surface area (Å²) in [6.07, 6.45) is 12.6. The van der Waals surface area contributed by atoms with Crippen molar-refractivity contribution in [2.24, 2.45) is 10.4 Å². The predicted octanol–water partition coefficient (Wildman–Crippen LogP) is 5.86. The van der Waals surface area contributed by atoms with E-state index in [1.54, 1.807) is 6.20 Å². The van der Waals surface area contributed by atoms with Gasteiger partial charge in [-0.3, -0.25) is 4.99 Å². The molecule has 4 heterocycles. The van der Waals surface area contributed by atoms with Crippen LogP contribution in [0.15, 0.2) is 95.3 Å². The quantitative estimate of drug-likeness (QED) is 0.340. The van der Waals surface area contributed by atoms with Gasteiger partial charge in [-0.25, -0.2) is 4.98 Å². The lowest BCUT2D eigenvalue weighted by Crippen LogP contribution is -2.39. The average molecular weight is 504 g/mol. The van der Waals surface area contributed by atoms with E-state index in [2.05, 4.69) is 74.9 Å². The van der Waals surface area contributed by atoms with Gasteiger partial charge in [0.1, 0.15) is 17.8 Å². The minimum absolute atomic E-state index is 0.0174. The highest BCUT2D eigenvalue weighted by atomic mass is 15.2. The number of pyridine rings is 1. The van der Waals surface area contributed by atoms with Gasteiger partial charge in [-0.05, 0) is 42.8 Å². The first-order valence-corrected chi connectivity index (χ1v) is 12.7. The largest absolute Gasteiger partial charge is 0.332 e. The number of anilines is 1. The third kappa shape index (κ3) is 3.19. The number of fused-ring (bicyclic) bond motifs is 5. The molecule has 2 aromatic carbocycles. The zero-order valence-corrected chi connectivity index (χ0v) is 21.1. The van der Waals surface area contributed by atoms with Crippen molar-refractivity contribution in [2.75, 3.05) is 4.90 Å². The summed E-state index contributed by atoms with van der Waals surface area (Å²) >= 11 is 0. The maximum Gasteiger partial charge on any atom is 0.141 e. The van der Waals surface area contributed by atoms with Gasteiger partial charge in [-0.1, -0.05) is 42.5 Å². The van der Waals surface area contributed by atoms with Gasteiger partial charge in [0.05, 0.1) is 46.7 Å². The monoisotopic (exact) mass is 503 g/mol. The lowest BCUT2D eigenvalue weighted by molar-refractivity contribution is 0.458. The molecular formula is C32H21N7. The third-order valence-corrected chi connectivity index (χ3v) is 8.12. The minimum atomic E-state index is -0.398. The fraction of sp³-hybridized carbons (Fsp3) is 0.156. The molecule has 0 saturated carbocycles. The Bertz CT molecular complexity index is 1970. The second-order valence-electron chi connectivity index (χ2n) is 10.2. The lowest BCUT2D eigenvalue weighted by atomic mass is 9.73. The number of aliphatic imine (C=N–C) groups is 1. The molecule has 0 bridgehead atoms. The Morgan fingerprint density at radius 1 is 0.949 bits per heavy atom. The van der Waals surface area contributed by atoms with Gasteiger partial charge in [0, 0.05) is 40.2 Å². The third-order valence-electron chi connectivity index (χ3n) is 8.12. The van der Waals surface area contributed by atoms with Crippen molar-refractivity contribution < 1.29 is 0 Å². The van der Waals surface area contributed by atoms with E-state index in [9.17, 15) is 15.8 Å². The van der Waals surface area contributed by atoms with E-state index < -0.39 is 6.04 Å². The SMILES string of the molecule is CC12C=CC=CC1N(c1cc(C#N)cc(-n3c4ccccc4c4cc(C#N)ncc43)c1)C1=C2C[C@H](C#N)N=C1. The van der Waals surface area contributed by atoms with Crippen molar-refractivity contribution in [1.29, 1.82) is 15.8 Å². The molecule has 1 aliphatic carbocycles. The molecule has 0 radical (unpaired) electrons. The average Bonchev–Trinajstić information content (AvgIpc) is 3.45. The Hall–Kier alpha value is -5.45. The van der Waals surface area contributed by atoms with E-state index in [0.717, 1.165) is 38.9 Å². The summed E-state index contributed by atoms with van der Waals surface area (Å²) in [6.45, 7) is 2.21. The zero-order chi connectivity index (χ0) is 26.7. The van der Waals surface area contributed by atoms with Crippen molar-refractivity contribution in [1.82, 2.24) is 9.55 Å². The number of nitrogens with zero attached hydrogens (tertiary/aromatic N) is 7. The predicted molar refractivity (Wildman–Crippen MR) is 150 cm³/mol. The van der Waals surface area contributed by atoms with Crippen LogP contribution in [0.3, 0.4) is 0 Å². The first kappa shape index (κ1) is 22.7. The van der Waals surface area contributed by atoms with Gasteiger partial charge in [-0.15, -0.1) is 0 Å². The van der Waals surface area contributed by atoms with Crippen molar-refractivity contribution in [3.05, 3.63) is 102 Å². The summed E-state index contributed by atoms with van der Waals surface area (Å²) in [5.41, 5.74) is 6.29.